The van der Waals surface area contributed by atoms with Crippen molar-refractivity contribution in [2.24, 2.45) is 0 Å². The van der Waals surface area contributed by atoms with Crippen LogP contribution in [0.3, 0.4) is 0 Å². The lowest BCUT2D eigenvalue weighted by Crippen LogP contribution is -2.22. The minimum atomic E-state index is -2.32. The lowest BCUT2D eigenvalue weighted by molar-refractivity contribution is -0.132. The van der Waals surface area contributed by atoms with Gasteiger partial charge in [-0.3, -0.25) is 9.59 Å². The van der Waals surface area contributed by atoms with E-state index < -0.39 is 20.0 Å². The highest BCUT2D eigenvalue weighted by molar-refractivity contribution is 7.38. The highest BCUT2D eigenvalue weighted by Crippen LogP contribution is 2.35. The van der Waals surface area contributed by atoms with Gasteiger partial charge in [-0.25, -0.2) is 0 Å². The molecule has 0 N–H and O–H groups in total. The first-order chi connectivity index (χ1) is 6.02. The summed E-state index contributed by atoms with van der Waals surface area (Å²) in [6.45, 7) is 3.39. The van der Waals surface area contributed by atoms with Gasteiger partial charge in [0.1, 0.15) is 6.10 Å². The van der Waals surface area contributed by atoms with E-state index in [4.69, 9.17) is 4.52 Å². The Hall–Kier alpha value is -0.800. The number of carbonyl (C=O) groups is 2. The summed E-state index contributed by atoms with van der Waals surface area (Å²) in [6, 6.07) is 0. The molecule has 1 rings (SSSR count). The smallest absolute Gasteiger partial charge is 0.270 e. The van der Waals surface area contributed by atoms with Gasteiger partial charge in [-0.1, -0.05) is 0 Å². The maximum absolute atomic E-state index is 11.3. The van der Waals surface area contributed by atoms with Gasteiger partial charge in [0.15, 0.2) is 0 Å². The monoisotopic (exact) mass is 204 g/mol. The summed E-state index contributed by atoms with van der Waals surface area (Å²) in [4.78, 5) is 22.1. The summed E-state index contributed by atoms with van der Waals surface area (Å²) in [5, 5.41) is 0. The molecule has 1 heterocycles. The minimum absolute atomic E-state index is 0.140. The van der Waals surface area contributed by atoms with Gasteiger partial charge in [0.05, 0.1) is 0 Å². The van der Waals surface area contributed by atoms with E-state index in [0.717, 1.165) is 4.67 Å². The third-order valence-corrected chi connectivity index (χ3v) is 2.86. The molecule has 0 aromatic carbocycles. The van der Waals surface area contributed by atoms with Crippen molar-refractivity contribution in [3.8, 4) is 0 Å². The molecule has 0 aromatic rings. The molecule has 1 aliphatic rings. The van der Waals surface area contributed by atoms with Gasteiger partial charge in [0.25, 0.3) is 11.8 Å². The van der Waals surface area contributed by atoms with Crippen LogP contribution < -0.4 is 0 Å². The summed E-state index contributed by atoms with van der Waals surface area (Å²) in [6.07, 6.45) is 0.0210. The van der Waals surface area contributed by atoms with Crippen LogP contribution in [0.25, 0.3) is 0 Å². The van der Waals surface area contributed by atoms with E-state index >= 15 is 0 Å². The Morgan fingerprint density at radius 1 is 1.31 bits per heavy atom. The summed E-state index contributed by atoms with van der Waals surface area (Å²) in [5.74, 6) is -0.821. The fraction of sp³-hybridized carbons (Fsp3) is 0.714. The van der Waals surface area contributed by atoms with E-state index in [1.165, 1.54) is 0 Å². The molecular formula is C7H11NO4P+. The Morgan fingerprint density at radius 3 is 2.15 bits per heavy atom. The molecule has 1 saturated heterocycles. The van der Waals surface area contributed by atoms with Crippen molar-refractivity contribution < 1.29 is 18.7 Å². The molecule has 0 aliphatic carbocycles. The fourth-order valence-corrected chi connectivity index (χ4v) is 1.99. The molecule has 0 radical (unpaired) electrons. The van der Waals surface area contributed by atoms with Crippen molar-refractivity contribution in [1.29, 1.82) is 0 Å². The SMILES string of the molecule is CC(C)O[P+](=O)N1C(=O)CCC1=O. The molecule has 2 amide bonds. The zero-order valence-corrected chi connectivity index (χ0v) is 8.41. The number of carbonyl (C=O) groups excluding carboxylic acids is 2. The first kappa shape index (κ1) is 10.3. The Morgan fingerprint density at radius 2 is 1.77 bits per heavy atom. The predicted octanol–water partition coefficient (Wildman–Crippen LogP) is 1.22. The van der Waals surface area contributed by atoms with E-state index in [9.17, 15) is 14.2 Å². The van der Waals surface area contributed by atoms with E-state index in [1.807, 2.05) is 0 Å². The summed E-state index contributed by atoms with van der Waals surface area (Å²) in [7, 11) is -2.32. The van der Waals surface area contributed by atoms with Crippen LogP contribution in [-0.4, -0.2) is 22.6 Å². The zero-order valence-electron chi connectivity index (χ0n) is 7.52. The van der Waals surface area contributed by atoms with Crippen LogP contribution in [0.15, 0.2) is 0 Å². The Kier molecular flexibility index (Phi) is 3.12. The van der Waals surface area contributed by atoms with Crippen LogP contribution in [0.5, 0.6) is 0 Å². The van der Waals surface area contributed by atoms with Crippen LogP contribution in [0.1, 0.15) is 26.7 Å². The highest BCUT2D eigenvalue weighted by Gasteiger charge is 2.46. The third-order valence-electron chi connectivity index (χ3n) is 1.49. The molecule has 1 atom stereocenters. The van der Waals surface area contributed by atoms with Crippen molar-refractivity contribution in [2.75, 3.05) is 0 Å². The molecule has 1 unspecified atom stereocenters. The zero-order chi connectivity index (χ0) is 10.0. The van der Waals surface area contributed by atoms with Crippen LogP contribution in [0, 0.1) is 0 Å². The Balaban J connectivity index is 2.65. The van der Waals surface area contributed by atoms with Crippen LogP contribution in [0.2, 0.25) is 0 Å². The maximum atomic E-state index is 11.3. The van der Waals surface area contributed by atoms with E-state index in [1.54, 1.807) is 13.8 Å². The molecule has 1 fully saturated rings. The third kappa shape index (κ3) is 2.32. The van der Waals surface area contributed by atoms with Crippen molar-refractivity contribution in [2.45, 2.75) is 32.8 Å². The van der Waals surface area contributed by atoms with Gasteiger partial charge >= 0.3 is 8.18 Å². The molecule has 13 heavy (non-hydrogen) atoms. The van der Waals surface area contributed by atoms with E-state index in [-0.39, 0.29) is 18.9 Å². The summed E-state index contributed by atoms with van der Waals surface area (Å²) >= 11 is 0. The van der Waals surface area contributed by atoms with Crippen LogP contribution in [-0.2, 0) is 18.7 Å². The number of hydrogen-bond acceptors (Lipinski definition) is 4. The average Bonchev–Trinajstić information content (AvgIpc) is 2.29. The molecule has 5 nitrogen and oxygen atoms in total. The maximum Gasteiger partial charge on any atom is 0.656 e. The first-order valence-electron chi connectivity index (χ1n) is 4.02. The van der Waals surface area contributed by atoms with Crippen molar-refractivity contribution >= 4 is 20.0 Å². The van der Waals surface area contributed by atoms with Crippen molar-refractivity contribution in [3.63, 3.8) is 0 Å². The molecular weight excluding hydrogens is 193 g/mol. The molecule has 6 heteroatoms. The quantitative estimate of drug-likeness (QED) is 0.512. The van der Waals surface area contributed by atoms with Crippen LogP contribution >= 0.6 is 8.18 Å². The van der Waals surface area contributed by atoms with Gasteiger partial charge in [0.2, 0.25) is 0 Å². The van der Waals surface area contributed by atoms with Gasteiger partial charge in [-0.15, -0.1) is 4.52 Å². The Bertz CT molecular complexity index is 247. The van der Waals surface area contributed by atoms with Gasteiger partial charge in [0, 0.05) is 12.8 Å². The lowest BCUT2D eigenvalue weighted by atomic mass is 10.4. The van der Waals surface area contributed by atoms with Gasteiger partial charge < -0.3 is 0 Å². The largest absolute Gasteiger partial charge is 0.656 e. The fourth-order valence-electron chi connectivity index (χ4n) is 0.974. The lowest BCUT2D eigenvalue weighted by Gasteiger charge is -1.99. The predicted molar refractivity (Wildman–Crippen MR) is 44.9 cm³/mol. The minimum Gasteiger partial charge on any atom is -0.270 e. The van der Waals surface area contributed by atoms with Crippen molar-refractivity contribution in [1.82, 2.24) is 4.67 Å². The number of imide groups is 1. The Labute approximate surface area is 77.0 Å². The molecule has 72 valence electrons. The standard InChI is InChI=1S/C7H11NO4P/c1-5(2)12-13(11)8-6(9)3-4-7(8)10/h5H,3-4H2,1-2H3/q+1. The van der Waals surface area contributed by atoms with Gasteiger partial charge in [-0.2, -0.15) is 0 Å². The second-order valence-corrected chi connectivity index (χ2v) is 4.08. The van der Waals surface area contributed by atoms with Crippen molar-refractivity contribution in [3.05, 3.63) is 0 Å². The second-order valence-electron chi connectivity index (χ2n) is 2.99. The number of rotatable bonds is 3. The molecule has 0 bridgehead atoms. The summed E-state index contributed by atoms with van der Waals surface area (Å²) < 4.78 is 16.9. The van der Waals surface area contributed by atoms with E-state index in [2.05, 4.69) is 0 Å². The number of amides is 2. The second kappa shape index (κ2) is 3.94. The molecule has 0 aromatic heterocycles. The molecule has 0 saturated carbocycles. The average molecular weight is 204 g/mol. The number of nitrogens with zero attached hydrogens (tertiary/aromatic N) is 1. The first-order valence-corrected chi connectivity index (χ1v) is 5.15. The topological polar surface area (TPSA) is 63.7 Å². The normalized spacial score (nSPS) is 18.7. The highest BCUT2D eigenvalue weighted by atomic mass is 31.1. The van der Waals surface area contributed by atoms with E-state index in [0.29, 0.717) is 0 Å². The summed E-state index contributed by atoms with van der Waals surface area (Å²) in [5.41, 5.74) is 0. The van der Waals surface area contributed by atoms with Gasteiger partial charge in [-0.05, 0) is 23.1 Å². The number of hydrogen-bond donors (Lipinski definition) is 0. The molecule has 0 spiro atoms. The van der Waals surface area contributed by atoms with Crippen LogP contribution in [0.4, 0.5) is 0 Å². The molecule has 1 aliphatic heterocycles.